The number of hydrogen-bond donors (Lipinski definition) is 2. The molecule has 21 heavy (non-hydrogen) atoms. The van der Waals surface area contributed by atoms with Crippen molar-refractivity contribution in [3.8, 4) is 0 Å². The van der Waals surface area contributed by atoms with Crippen molar-refractivity contribution in [3.05, 3.63) is 35.9 Å². The Morgan fingerprint density at radius 3 is 2.57 bits per heavy atom. The van der Waals surface area contributed by atoms with Gasteiger partial charge in [-0.2, -0.15) is 0 Å². The topological polar surface area (TPSA) is 70.6 Å². The third-order valence-corrected chi connectivity index (χ3v) is 4.23. The third-order valence-electron chi connectivity index (χ3n) is 3.30. The van der Waals surface area contributed by atoms with E-state index in [0.717, 1.165) is 12.8 Å². The van der Waals surface area contributed by atoms with Gasteiger partial charge in [-0.15, -0.1) is 0 Å². The average molecular weight is 309 g/mol. The van der Waals surface area contributed by atoms with Gasteiger partial charge in [0.25, 0.3) is 0 Å². The smallest absolute Gasteiger partial charge is 0.191 e. The summed E-state index contributed by atoms with van der Waals surface area (Å²) in [6.07, 6.45) is 3.52. The molecule has 1 saturated carbocycles. The lowest BCUT2D eigenvalue weighted by molar-refractivity contribution is 0.601. The van der Waals surface area contributed by atoms with Crippen molar-refractivity contribution in [2.24, 2.45) is 4.99 Å². The molecule has 2 N–H and O–H groups in total. The van der Waals surface area contributed by atoms with Gasteiger partial charge >= 0.3 is 0 Å². The van der Waals surface area contributed by atoms with Crippen LogP contribution in [0.1, 0.15) is 31.4 Å². The summed E-state index contributed by atoms with van der Waals surface area (Å²) in [5.74, 6) is 0.766. The van der Waals surface area contributed by atoms with E-state index in [1.807, 2.05) is 18.2 Å². The van der Waals surface area contributed by atoms with Crippen LogP contribution >= 0.6 is 0 Å². The predicted octanol–water partition coefficient (Wildman–Crippen LogP) is 1.49. The van der Waals surface area contributed by atoms with Crippen LogP contribution < -0.4 is 10.6 Å². The van der Waals surface area contributed by atoms with Crippen LogP contribution in [-0.2, 0) is 9.84 Å². The molecule has 0 saturated heterocycles. The van der Waals surface area contributed by atoms with Crippen LogP contribution in [0.3, 0.4) is 0 Å². The summed E-state index contributed by atoms with van der Waals surface area (Å²) in [5, 5.41) is 6.66. The maximum atomic E-state index is 11.2. The summed E-state index contributed by atoms with van der Waals surface area (Å²) in [7, 11) is -2.98. The van der Waals surface area contributed by atoms with Crippen LogP contribution in [0.15, 0.2) is 35.3 Å². The minimum Gasteiger partial charge on any atom is -0.354 e. The molecule has 1 aromatic carbocycles. The number of sulfone groups is 1. The van der Waals surface area contributed by atoms with Gasteiger partial charge in [-0.3, -0.25) is 4.99 Å². The molecule has 0 radical (unpaired) electrons. The Labute approximate surface area is 126 Å². The first kappa shape index (κ1) is 15.8. The van der Waals surface area contributed by atoms with Crippen LogP contribution in [0.5, 0.6) is 0 Å². The van der Waals surface area contributed by atoms with Crippen molar-refractivity contribution in [3.63, 3.8) is 0 Å². The minimum absolute atomic E-state index is 0.0737. The molecule has 0 spiro atoms. The standard InChI is InChI=1S/C15H23N3O2S/c1-12(13-6-4-3-5-7-13)17-15(18-14-8-9-14)16-10-11-21(2,19)20/h3-7,12,14H,8-11H2,1-2H3,(H2,16,17,18). The van der Waals surface area contributed by atoms with Gasteiger partial charge in [0.15, 0.2) is 5.96 Å². The van der Waals surface area contributed by atoms with Gasteiger partial charge < -0.3 is 10.6 Å². The zero-order chi connectivity index (χ0) is 15.3. The van der Waals surface area contributed by atoms with Crippen molar-refractivity contribution >= 4 is 15.8 Å². The summed E-state index contributed by atoms with van der Waals surface area (Å²) in [4.78, 5) is 4.37. The molecule has 1 atom stereocenters. The highest BCUT2D eigenvalue weighted by molar-refractivity contribution is 7.90. The molecule has 1 aliphatic carbocycles. The van der Waals surface area contributed by atoms with Gasteiger partial charge in [0.05, 0.1) is 18.3 Å². The zero-order valence-electron chi connectivity index (χ0n) is 12.5. The normalized spacial score (nSPS) is 17.3. The summed E-state index contributed by atoms with van der Waals surface area (Å²) in [6.45, 7) is 2.35. The van der Waals surface area contributed by atoms with Crippen LogP contribution in [0.2, 0.25) is 0 Å². The molecule has 0 aliphatic heterocycles. The van der Waals surface area contributed by atoms with Crippen molar-refractivity contribution in [1.29, 1.82) is 0 Å². The molecule has 1 aliphatic rings. The minimum atomic E-state index is -2.98. The lowest BCUT2D eigenvalue weighted by Gasteiger charge is -2.18. The Morgan fingerprint density at radius 2 is 2.00 bits per heavy atom. The quantitative estimate of drug-likeness (QED) is 0.617. The molecule has 0 amide bonds. The third kappa shape index (κ3) is 6.16. The number of rotatable bonds is 6. The van der Waals surface area contributed by atoms with Gasteiger partial charge in [-0.1, -0.05) is 30.3 Å². The Hall–Kier alpha value is -1.56. The van der Waals surface area contributed by atoms with Crippen LogP contribution in [0.4, 0.5) is 0 Å². The Balaban J connectivity index is 1.96. The van der Waals surface area contributed by atoms with E-state index in [2.05, 4.69) is 34.7 Å². The highest BCUT2D eigenvalue weighted by Gasteiger charge is 2.23. The molecular weight excluding hydrogens is 286 g/mol. The lowest BCUT2D eigenvalue weighted by atomic mass is 10.1. The number of nitrogens with one attached hydrogen (secondary N) is 2. The van der Waals surface area contributed by atoms with Gasteiger partial charge in [0, 0.05) is 12.3 Å². The predicted molar refractivity (Wildman–Crippen MR) is 86.2 cm³/mol. The maximum absolute atomic E-state index is 11.2. The number of hydrogen-bond acceptors (Lipinski definition) is 3. The summed E-state index contributed by atoms with van der Waals surface area (Å²) >= 11 is 0. The summed E-state index contributed by atoms with van der Waals surface area (Å²) in [5.41, 5.74) is 1.17. The number of nitrogens with zero attached hydrogens (tertiary/aromatic N) is 1. The molecule has 0 bridgehead atoms. The molecule has 1 fully saturated rings. The van der Waals surface area contributed by atoms with Gasteiger partial charge in [0.2, 0.25) is 0 Å². The molecule has 1 unspecified atom stereocenters. The fourth-order valence-corrected chi connectivity index (χ4v) is 2.33. The van der Waals surface area contributed by atoms with Gasteiger partial charge in [-0.25, -0.2) is 8.42 Å². The van der Waals surface area contributed by atoms with Crippen LogP contribution in [0.25, 0.3) is 0 Å². The monoisotopic (exact) mass is 309 g/mol. The van der Waals surface area contributed by atoms with E-state index in [9.17, 15) is 8.42 Å². The second-order valence-corrected chi connectivity index (χ2v) is 7.82. The lowest BCUT2D eigenvalue weighted by Crippen LogP contribution is -2.40. The van der Waals surface area contributed by atoms with E-state index in [1.165, 1.54) is 11.8 Å². The van der Waals surface area contributed by atoms with Crippen molar-refractivity contribution in [2.75, 3.05) is 18.6 Å². The van der Waals surface area contributed by atoms with Crippen LogP contribution in [-0.4, -0.2) is 39.0 Å². The molecule has 0 heterocycles. The molecule has 6 heteroatoms. The molecule has 5 nitrogen and oxygen atoms in total. The van der Waals surface area contributed by atoms with Gasteiger partial charge in [0.1, 0.15) is 9.84 Å². The SMILES string of the molecule is CC(NC(=NCCS(C)(=O)=O)NC1CC1)c1ccccc1. The summed E-state index contributed by atoms with van der Waals surface area (Å²) in [6, 6.07) is 10.7. The molecule has 0 aromatic heterocycles. The van der Waals surface area contributed by atoms with Crippen molar-refractivity contribution < 1.29 is 8.42 Å². The Bertz CT molecular complexity index is 580. The van der Waals surface area contributed by atoms with E-state index in [-0.39, 0.29) is 18.3 Å². The summed E-state index contributed by atoms with van der Waals surface area (Å²) < 4.78 is 22.4. The Morgan fingerprint density at radius 1 is 1.33 bits per heavy atom. The van der Waals surface area contributed by atoms with E-state index in [1.54, 1.807) is 0 Å². The molecule has 2 rings (SSSR count). The van der Waals surface area contributed by atoms with Crippen molar-refractivity contribution in [2.45, 2.75) is 31.8 Å². The first-order chi connectivity index (χ1) is 9.94. The highest BCUT2D eigenvalue weighted by Crippen LogP contribution is 2.19. The zero-order valence-corrected chi connectivity index (χ0v) is 13.4. The van der Waals surface area contributed by atoms with E-state index in [4.69, 9.17) is 0 Å². The van der Waals surface area contributed by atoms with E-state index >= 15 is 0 Å². The molecule has 116 valence electrons. The number of guanidine groups is 1. The van der Waals surface area contributed by atoms with E-state index < -0.39 is 9.84 Å². The number of aliphatic imine (C=N–C) groups is 1. The van der Waals surface area contributed by atoms with Gasteiger partial charge in [-0.05, 0) is 25.3 Å². The van der Waals surface area contributed by atoms with Crippen molar-refractivity contribution in [1.82, 2.24) is 10.6 Å². The van der Waals surface area contributed by atoms with Crippen LogP contribution in [0, 0.1) is 0 Å². The largest absolute Gasteiger partial charge is 0.354 e. The molecule has 1 aromatic rings. The highest BCUT2D eigenvalue weighted by atomic mass is 32.2. The fraction of sp³-hybridized carbons (Fsp3) is 0.533. The van der Waals surface area contributed by atoms with E-state index in [0.29, 0.717) is 12.0 Å². The number of benzene rings is 1. The second-order valence-electron chi connectivity index (χ2n) is 5.56. The second kappa shape index (κ2) is 6.93. The Kier molecular flexibility index (Phi) is 5.22. The first-order valence-corrected chi connectivity index (χ1v) is 9.30. The fourth-order valence-electron chi connectivity index (χ4n) is 1.91. The first-order valence-electron chi connectivity index (χ1n) is 7.24. The average Bonchev–Trinajstić information content (AvgIpc) is 3.22. The maximum Gasteiger partial charge on any atom is 0.191 e. The molecular formula is C15H23N3O2S.